The molecule has 13 heavy (non-hydrogen) atoms. The first kappa shape index (κ1) is 10.5. The normalized spacial score (nSPS) is 14.1. The Morgan fingerprint density at radius 1 is 1.38 bits per heavy atom. The fourth-order valence-electron chi connectivity index (χ4n) is 0.890. The summed E-state index contributed by atoms with van der Waals surface area (Å²) in [6.07, 6.45) is 0.969. The van der Waals surface area contributed by atoms with Crippen molar-refractivity contribution in [3.05, 3.63) is 35.6 Å². The average molecular weight is 223 g/mol. The number of hydrogen-bond acceptors (Lipinski definition) is 2. The maximum atomic E-state index is 13.0. The van der Waals surface area contributed by atoms with Gasteiger partial charge in [-0.2, -0.15) is 0 Å². The van der Waals surface area contributed by atoms with E-state index in [-0.39, 0.29) is 5.56 Å². The van der Waals surface area contributed by atoms with Gasteiger partial charge in [-0.15, -0.1) is 11.6 Å². The summed E-state index contributed by atoms with van der Waals surface area (Å²) in [6, 6.07) is 5.55. The van der Waals surface area contributed by atoms with Gasteiger partial charge >= 0.3 is 0 Å². The van der Waals surface area contributed by atoms with Crippen molar-refractivity contribution in [2.24, 2.45) is 0 Å². The van der Waals surface area contributed by atoms with Gasteiger partial charge in [0.05, 0.1) is 0 Å². The van der Waals surface area contributed by atoms with E-state index in [1.165, 1.54) is 18.2 Å². The average Bonchev–Trinajstić information content (AvgIpc) is 2.02. The quantitative estimate of drug-likeness (QED) is 0.719. The maximum absolute atomic E-state index is 13.0. The highest BCUT2D eigenvalue weighted by atomic mass is 35.5. The molecule has 0 N–H and O–H groups in total. The third kappa shape index (κ3) is 2.42. The minimum absolute atomic E-state index is 0.00772. The van der Waals surface area contributed by atoms with E-state index < -0.39 is 20.4 Å². The van der Waals surface area contributed by atoms with E-state index in [0.717, 1.165) is 6.26 Å². The number of benzene rings is 1. The molecule has 1 aromatic carbocycles. The summed E-state index contributed by atoms with van der Waals surface area (Å²) in [4.78, 5) is 0. The number of alkyl halides is 1. The monoisotopic (exact) mass is 222 g/mol. The van der Waals surface area contributed by atoms with Crippen LogP contribution in [0.15, 0.2) is 24.3 Å². The van der Waals surface area contributed by atoms with Crippen LogP contribution in [-0.4, -0.2) is 14.7 Å². The Balaban J connectivity index is 3.17. The van der Waals surface area contributed by atoms with E-state index in [0.29, 0.717) is 0 Å². The fourth-order valence-corrected chi connectivity index (χ4v) is 1.72. The second kappa shape index (κ2) is 3.64. The van der Waals surface area contributed by atoms with Crippen LogP contribution in [-0.2, 0) is 9.84 Å². The van der Waals surface area contributed by atoms with Gasteiger partial charge in [0.25, 0.3) is 0 Å². The van der Waals surface area contributed by atoms with Crippen molar-refractivity contribution in [1.29, 1.82) is 0 Å². The molecule has 5 heteroatoms. The van der Waals surface area contributed by atoms with Gasteiger partial charge in [-0.05, 0) is 6.07 Å². The molecule has 2 nitrogen and oxygen atoms in total. The molecule has 1 rings (SSSR count). The van der Waals surface area contributed by atoms with Crippen LogP contribution in [0.5, 0.6) is 0 Å². The van der Waals surface area contributed by atoms with E-state index in [1.807, 2.05) is 0 Å². The lowest BCUT2D eigenvalue weighted by atomic mass is 10.2. The molecule has 0 aliphatic heterocycles. The highest BCUT2D eigenvalue weighted by Crippen LogP contribution is 2.27. The summed E-state index contributed by atoms with van der Waals surface area (Å²) >= 11 is 5.56. The zero-order chi connectivity index (χ0) is 10.1. The summed E-state index contributed by atoms with van der Waals surface area (Å²) in [5.74, 6) is -0.604. The Hall–Kier alpha value is -0.610. The van der Waals surface area contributed by atoms with Crippen molar-refractivity contribution in [3.63, 3.8) is 0 Å². The van der Waals surface area contributed by atoms with Gasteiger partial charge in [-0.25, -0.2) is 12.8 Å². The van der Waals surface area contributed by atoms with Gasteiger partial charge in [0.2, 0.25) is 0 Å². The number of halogens is 2. The molecule has 0 aliphatic carbocycles. The molecule has 0 bridgehead atoms. The van der Waals surface area contributed by atoms with Crippen molar-refractivity contribution < 1.29 is 12.8 Å². The second-order valence-corrected chi connectivity index (χ2v) is 5.49. The molecule has 0 aliphatic rings. The SMILES string of the molecule is CS(=O)(=O)C(Cl)c1ccccc1F. The van der Waals surface area contributed by atoms with Crippen LogP contribution >= 0.6 is 11.6 Å². The molecule has 0 saturated carbocycles. The van der Waals surface area contributed by atoms with E-state index in [2.05, 4.69) is 0 Å². The molecule has 1 unspecified atom stereocenters. The predicted octanol–water partition coefficient (Wildman–Crippen LogP) is 2.11. The lowest BCUT2D eigenvalue weighted by Gasteiger charge is -2.07. The Labute approximate surface area is 81.3 Å². The summed E-state index contributed by atoms with van der Waals surface area (Å²) in [5.41, 5.74) is -0.00772. The van der Waals surface area contributed by atoms with Crippen LogP contribution in [0.1, 0.15) is 10.3 Å². The predicted molar refractivity (Wildman–Crippen MR) is 49.8 cm³/mol. The van der Waals surface area contributed by atoms with Gasteiger partial charge < -0.3 is 0 Å². The lowest BCUT2D eigenvalue weighted by Crippen LogP contribution is -2.06. The third-order valence-corrected chi connectivity index (χ3v) is 3.74. The van der Waals surface area contributed by atoms with Crippen molar-refractivity contribution in [3.8, 4) is 0 Å². The molecule has 1 atom stereocenters. The van der Waals surface area contributed by atoms with Crippen LogP contribution in [0.25, 0.3) is 0 Å². The topological polar surface area (TPSA) is 34.1 Å². The Bertz CT molecular complexity index is 402. The lowest BCUT2D eigenvalue weighted by molar-refractivity contribution is 0.589. The van der Waals surface area contributed by atoms with E-state index in [1.54, 1.807) is 6.07 Å². The van der Waals surface area contributed by atoms with Crippen LogP contribution in [0.2, 0.25) is 0 Å². The molecule has 0 radical (unpaired) electrons. The van der Waals surface area contributed by atoms with Crippen molar-refractivity contribution in [2.75, 3.05) is 6.26 Å². The fraction of sp³-hybridized carbons (Fsp3) is 0.250. The number of sulfone groups is 1. The van der Waals surface area contributed by atoms with Gasteiger partial charge in [-0.1, -0.05) is 18.2 Å². The van der Waals surface area contributed by atoms with Gasteiger partial charge in [0.1, 0.15) is 5.82 Å². The standard InChI is InChI=1S/C8H8ClFO2S/c1-13(11,12)8(9)6-4-2-3-5-7(6)10/h2-5,8H,1H3. The van der Waals surface area contributed by atoms with Crippen molar-refractivity contribution >= 4 is 21.4 Å². The second-order valence-electron chi connectivity index (χ2n) is 2.67. The molecule has 0 spiro atoms. The Morgan fingerprint density at radius 3 is 2.38 bits per heavy atom. The van der Waals surface area contributed by atoms with Crippen LogP contribution in [0.3, 0.4) is 0 Å². The molecule has 0 amide bonds. The zero-order valence-corrected chi connectivity index (χ0v) is 8.44. The molecular formula is C8H8ClFO2S. The molecule has 0 heterocycles. The molecule has 0 fully saturated rings. The summed E-state index contributed by atoms with van der Waals surface area (Å²) in [6.45, 7) is 0. The van der Waals surface area contributed by atoms with Crippen LogP contribution < -0.4 is 0 Å². The molecule has 0 saturated heterocycles. The van der Waals surface area contributed by atoms with Gasteiger partial charge in [0, 0.05) is 11.8 Å². The first-order chi connectivity index (χ1) is 5.93. The summed E-state index contributed by atoms with van der Waals surface area (Å²) < 4.78 is 33.7. The number of hydrogen-bond donors (Lipinski definition) is 0. The Kier molecular flexibility index (Phi) is 2.93. The minimum atomic E-state index is -3.45. The minimum Gasteiger partial charge on any atom is -0.227 e. The van der Waals surface area contributed by atoms with Gasteiger partial charge in [0.15, 0.2) is 14.5 Å². The summed E-state index contributed by atoms with van der Waals surface area (Å²) in [5, 5.41) is 0. The van der Waals surface area contributed by atoms with E-state index in [9.17, 15) is 12.8 Å². The zero-order valence-electron chi connectivity index (χ0n) is 6.87. The maximum Gasteiger partial charge on any atom is 0.168 e. The summed E-state index contributed by atoms with van der Waals surface area (Å²) in [7, 11) is -3.45. The first-order valence-electron chi connectivity index (χ1n) is 3.50. The highest BCUT2D eigenvalue weighted by Gasteiger charge is 2.22. The molecule has 1 aromatic rings. The number of rotatable bonds is 2. The molecule has 0 aromatic heterocycles. The third-order valence-electron chi connectivity index (χ3n) is 1.53. The largest absolute Gasteiger partial charge is 0.227 e. The van der Waals surface area contributed by atoms with Crippen LogP contribution in [0.4, 0.5) is 4.39 Å². The van der Waals surface area contributed by atoms with E-state index in [4.69, 9.17) is 11.6 Å². The molecular weight excluding hydrogens is 215 g/mol. The van der Waals surface area contributed by atoms with E-state index >= 15 is 0 Å². The van der Waals surface area contributed by atoms with Crippen LogP contribution in [0, 0.1) is 5.82 Å². The van der Waals surface area contributed by atoms with Crippen molar-refractivity contribution in [1.82, 2.24) is 0 Å². The van der Waals surface area contributed by atoms with Gasteiger partial charge in [-0.3, -0.25) is 0 Å². The Morgan fingerprint density at radius 2 is 1.92 bits per heavy atom. The highest BCUT2D eigenvalue weighted by molar-refractivity contribution is 7.92. The first-order valence-corrected chi connectivity index (χ1v) is 5.89. The smallest absolute Gasteiger partial charge is 0.168 e. The molecule has 72 valence electrons. The van der Waals surface area contributed by atoms with Crippen molar-refractivity contribution in [2.45, 2.75) is 4.71 Å².